The van der Waals surface area contributed by atoms with Gasteiger partial charge in [-0.15, -0.1) is 0 Å². The van der Waals surface area contributed by atoms with E-state index in [0.717, 1.165) is 10.9 Å². The number of hydrogen-bond acceptors (Lipinski definition) is 2. The normalized spacial score (nSPS) is 15.2. The van der Waals surface area contributed by atoms with E-state index in [9.17, 15) is 4.39 Å². The summed E-state index contributed by atoms with van der Waals surface area (Å²) < 4.78 is 19.8. The Bertz CT molecular complexity index is 500. The van der Waals surface area contributed by atoms with Crippen molar-refractivity contribution in [2.45, 2.75) is 25.9 Å². The maximum Gasteiger partial charge on any atom is 0.180 e. The first-order chi connectivity index (χ1) is 7.59. The van der Waals surface area contributed by atoms with Crippen molar-refractivity contribution in [1.29, 1.82) is 0 Å². The summed E-state index contributed by atoms with van der Waals surface area (Å²) in [6, 6.07) is 7.54. The average Bonchev–Trinajstić information content (AvgIpc) is 2.71. The molecular weight excluding hydrogens is 205 g/mol. The van der Waals surface area contributed by atoms with Crippen molar-refractivity contribution in [2.75, 3.05) is 6.54 Å². The van der Waals surface area contributed by atoms with E-state index in [1.54, 1.807) is 13.0 Å². The summed E-state index contributed by atoms with van der Waals surface area (Å²) in [7, 11) is 0. The van der Waals surface area contributed by atoms with Crippen LogP contribution in [0.4, 0.5) is 4.39 Å². The van der Waals surface area contributed by atoms with Crippen LogP contribution >= 0.6 is 0 Å². The molecule has 86 valence electrons. The van der Waals surface area contributed by atoms with Crippen LogP contribution in [0.25, 0.3) is 11.0 Å². The minimum absolute atomic E-state index is 0.0533. The number of nitrogens with two attached hydrogens (primary N) is 1. The molecule has 1 aromatic carbocycles. The fourth-order valence-corrected chi connectivity index (χ4v) is 1.80. The Morgan fingerprint density at radius 1 is 1.38 bits per heavy atom. The zero-order valence-corrected chi connectivity index (χ0v) is 9.59. The van der Waals surface area contributed by atoms with E-state index >= 15 is 0 Å². The van der Waals surface area contributed by atoms with Gasteiger partial charge in [-0.25, -0.2) is 4.39 Å². The first kappa shape index (κ1) is 11.1. The summed E-state index contributed by atoms with van der Waals surface area (Å²) >= 11 is 0. The molecule has 1 aromatic heterocycles. The third-order valence-electron chi connectivity index (χ3n) is 3.00. The van der Waals surface area contributed by atoms with Crippen molar-refractivity contribution in [3.05, 3.63) is 35.6 Å². The van der Waals surface area contributed by atoms with Crippen LogP contribution in [0.5, 0.6) is 0 Å². The lowest BCUT2D eigenvalue weighted by molar-refractivity contribution is 0.136. The van der Waals surface area contributed by atoms with E-state index in [-0.39, 0.29) is 6.54 Å². The van der Waals surface area contributed by atoms with Crippen LogP contribution in [-0.2, 0) is 5.67 Å². The molecule has 2 nitrogen and oxygen atoms in total. The van der Waals surface area contributed by atoms with E-state index in [1.807, 2.05) is 25.1 Å². The Balaban J connectivity index is 2.54. The van der Waals surface area contributed by atoms with Gasteiger partial charge in [0.1, 0.15) is 11.3 Å². The van der Waals surface area contributed by atoms with Gasteiger partial charge in [0, 0.05) is 11.9 Å². The van der Waals surface area contributed by atoms with E-state index in [0.29, 0.717) is 17.8 Å². The number of hydrogen-bond donors (Lipinski definition) is 1. The van der Waals surface area contributed by atoms with Gasteiger partial charge in [0.15, 0.2) is 5.67 Å². The molecule has 1 unspecified atom stereocenters. The molecule has 0 saturated carbocycles. The summed E-state index contributed by atoms with van der Waals surface area (Å²) in [4.78, 5) is 0. The van der Waals surface area contributed by atoms with Gasteiger partial charge in [-0.05, 0) is 31.5 Å². The van der Waals surface area contributed by atoms with Crippen molar-refractivity contribution >= 4 is 11.0 Å². The highest BCUT2D eigenvalue weighted by atomic mass is 19.1. The molecule has 0 radical (unpaired) electrons. The van der Waals surface area contributed by atoms with Crippen LogP contribution in [0, 0.1) is 6.92 Å². The zero-order valence-electron chi connectivity index (χ0n) is 9.59. The predicted molar refractivity (Wildman–Crippen MR) is 63.1 cm³/mol. The van der Waals surface area contributed by atoms with Crippen LogP contribution in [0.15, 0.2) is 28.7 Å². The van der Waals surface area contributed by atoms with Gasteiger partial charge in [0.2, 0.25) is 0 Å². The SMILES string of the molecule is CCC(F)(CN)c1cc2cc(C)ccc2o1. The van der Waals surface area contributed by atoms with Crippen LogP contribution < -0.4 is 5.73 Å². The summed E-state index contributed by atoms with van der Waals surface area (Å²) in [5.74, 6) is 0.332. The van der Waals surface area contributed by atoms with Gasteiger partial charge >= 0.3 is 0 Å². The maximum atomic E-state index is 14.3. The molecule has 0 aliphatic heterocycles. The third kappa shape index (κ3) is 1.71. The number of furan rings is 1. The quantitative estimate of drug-likeness (QED) is 0.863. The van der Waals surface area contributed by atoms with Crippen molar-refractivity contribution in [3.63, 3.8) is 0 Å². The molecule has 1 heterocycles. The second-order valence-electron chi connectivity index (χ2n) is 4.17. The van der Waals surface area contributed by atoms with Crippen molar-refractivity contribution in [3.8, 4) is 0 Å². The molecule has 0 bridgehead atoms. The molecule has 1 atom stereocenters. The Kier molecular flexibility index (Phi) is 2.72. The van der Waals surface area contributed by atoms with E-state index < -0.39 is 5.67 Å². The van der Waals surface area contributed by atoms with E-state index in [2.05, 4.69) is 0 Å². The number of halogens is 1. The monoisotopic (exact) mass is 221 g/mol. The van der Waals surface area contributed by atoms with E-state index in [1.165, 1.54) is 0 Å². The van der Waals surface area contributed by atoms with Crippen molar-refractivity contribution in [1.82, 2.24) is 0 Å². The van der Waals surface area contributed by atoms with Crippen molar-refractivity contribution < 1.29 is 8.81 Å². The fourth-order valence-electron chi connectivity index (χ4n) is 1.80. The molecule has 0 amide bonds. The lowest BCUT2D eigenvalue weighted by Crippen LogP contribution is -2.28. The van der Waals surface area contributed by atoms with Gasteiger partial charge < -0.3 is 10.2 Å². The van der Waals surface area contributed by atoms with Gasteiger partial charge in [-0.1, -0.05) is 18.6 Å². The minimum atomic E-state index is -1.55. The largest absolute Gasteiger partial charge is 0.458 e. The Hall–Kier alpha value is -1.35. The van der Waals surface area contributed by atoms with Gasteiger partial charge in [0.25, 0.3) is 0 Å². The second kappa shape index (κ2) is 3.91. The van der Waals surface area contributed by atoms with E-state index in [4.69, 9.17) is 10.2 Å². The second-order valence-corrected chi connectivity index (χ2v) is 4.17. The summed E-state index contributed by atoms with van der Waals surface area (Å²) in [6.07, 6.45) is 0.322. The molecule has 16 heavy (non-hydrogen) atoms. The molecule has 0 fully saturated rings. The molecule has 3 heteroatoms. The van der Waals surface area contributed by atoms with Gasteiger partial charge in [-0.3, -0.25) is 0 Å². The summed E-state index contributed by atoms with van der Waals surface area (Å²) in [5, 5.41) is 0.930. The van der Waals surface area contributed by atoms with Crippen molar-refractivity contribution in [2.24, 2.45) is 5.73 Å². The van der Waals surface area contributed by atoms with Crippen LogP contribution in [0.3, 0.4) is 0 Å². The van der Waals surface area contributed by atoms with Crippen LogP contribution in [0.2, 0.25) is 0 Å². The highest BCUT2D eigenvalue weighted by Gasteiger charge is 2.32. The lowest BCUT2D eigenvalue weighted by atomic mass is 10.00. The van der Waals surface area contributed by atoms with Crippen LogP contribution in [-0.4, -0.2) is 6.54 Å². The zero-order chi connectivity index (χ0) is 11.8. The van der Waals surface area contributed by atoms with Crippen LogP contribution in [0.1, 0.15) is 24.7 Å². The highest BCUT2D eigenvalue weighted by Crippen LogP contribution is 2.33. The molecule has 0 saturated heterocycles. The smallest absolute Gasteiger partial charge is 0.180 e. The Morgan fingerprint density at radius 2 is 2.12 bits per heavy atom. The highest BCUT2D eigenvalue weighted by molar-refractivity contribution is 5.78. The molecule has 2 rings (SSSR count). The fraction of sp³-hybridized carbons (Fsp3) is 0.385. The minimum Gasteiger partial charge on any atom is -0.458 e. The lowest BCUT2D eigenvalue weighted by Gasteiger charge is -2.18. The Morgan fingerprint density at radius 3 is 2.75 bits per heavy atom. The maximum absolute atomic E-state index is 14.3. The number of aryl methyl sites for hydroxylation is 1. The van der Waals surface area contributed by atoms with Gasteiger partial charge in [0.05, 0.1) is 0 Å². The predicted octanol–water partition coefficient (Wildman–Crippen LogP) is 3.27. The summed E-state index contributed by atoms with van der Waals surface area (Å²) in [6.45, 7) is 3.71. The van der Waals surface area contributed by atoms with Gasteiger partial charge in [-0.2, -0.15) is 0 Å². The number of rotatable bonds is 3. The number of alkyl halides is 1. The summed E-state index contributed by atoms with van der Waals surface area (Å²) in [5.41, 5.74) is 5.76. The number of benzene rings is 1. The Labute approximate surface area is 94.2 Å². The standard InChI is InChI=1S/C13H16FNO/c1-3-13(14,8-15)12-7-10-6-9(2)4-5-11(10)16-12/h4-7H,3,8,15H2,1-2H3. The topological polar surface area (TPSA) is 39.2 Å². The molecule has 0 aliphatic rings. The molecule has 2 N–H and O–H groups in total. The average molecular weight is 221 g/mol. The molecule has 2 aromatic rings. The first-order valence-electron chi connectivity index (χ1n) is 5.49. The number of fused-ring (bicyclic) bond motifs is 1. The molecule has 0 spiro atoms. The molecular formula is C13H16FNO. The third-order valence-corrected chi connectivity index (χ3v) is 3.00. The molecule has 0 aliphatic carbocycles. The first-order valence-corrected chi connectivity index (χ1v) is 5.49.